The van der Waals surface area contributed by atoms with E-state index >= 15 is 0 Å². The van der Waals surface area contributed by atoms with Crippen molar-refractivity contribution in [3.63, 3.8) is 0 Å². The van der Waals surface area contributed by atoms with Gasteiger partial charge in [0.25, 0.3) is 0 Å². The number of ether oxygens (including phenoxy) is 3. The highest BCUT2D eigenvalue weighted by Gasteiger charge is 2.19. The number of nitrogens with one attached hydrogen (secondary N) is 1. The molecule has 1 aliphatic heterocycles. The number of methoxy groups -OCH3 is 1. The van der Waals surface area contributed by atoms with Crippen molar-refractivity contribution in [2.45, 2.75) is 26.1 Å². The molecule has 3 aromatic rings. The van der Waals surface area contributed by atoms with Gasteiger partial charge < -0.3 is 19.1 Å². The van der Waals surface area contributed by atoms with Crippen LogP contribution in [0.4, 0.5) is 5.82 Å². The average molecular weight is 383 g/mol. The summed E-state index contributed by atoms with van der Waals surface area (Å²) in [7, 11) is 1.67. The SMILES string of the molecule is COCC(C)Oc1ccc2[nH]nc(-c3cc(N4CCOC(C)C4)ncn3)c2c1. The van der Waals surface area contributed by atoms with Crippen molar-refractivity contribution in [3.8, 4) is 17.1 Å². The number of aromatic amines is 1. The van der Waals surface area contributed by atoms with Gasteiger partial charge in [0, 0.05) is 31.7 Å². The Bertz CT molecular complexity index is 944. The maximum Gasteiger partial charge on any atom is 0.132 e. The molecule has 1 fully saturated rings. The summed E-state index contributed by atoms with van der Waals surface area (Å²) in [6.07, 6.45) is 1.74. The molecule has 1 N–H and O–H groups in total. The maximum absolute atomic E-state index is 5.93. The van der Waals surface area contributed by atoms with Crippen LogP contribution >= 0.6 is 0 Å². The molecule has 0 aliphatic carbocycles. The Kier molecular flexibility index (Phi) is 5.40. The topological polar surface area (TPSA) is 85.4 Å². The standard InChI is InChI=1S/C20H25N5O3/c1-13-10-25(6-7-27-13)19-9-18(21-12-22-19)20-16-8-15(28-14(2)11-26-3)4-5-17(16)23-24-20/h4-5,8-9,12-14H,6-7,10-11H2,1-3H3,(H,23,24). The van der Waals surface area contributed by atoms with Crippen molar-refractivity contribution in [2.24, 2.45) is 0 Å². The highest BCUT2D eigenvalue weighted by molar-refractivity contribution is 5.93. The first-order chi connectivity index (χ1) is 13.6. The second-order valence-electron chi connectivity index (χ2n) is 7.05. The highest BCUT2D eigenvalue weighted by atomic mass is 16.5. The molecule has 1 aromatic carbocycles. The van der Waals surface area contributed by atoms with Crippen LogP contribution in [0.25, 0.3) is 22.3 Å². The lowest BCUT2D eigenvalue weighted by atomic mass is 10.1. The molecule has 1 saturated heterocycles. The van der Waals surface area contributed by atoms with Crippen LogP contribution in [-0.4, -0.2) is 65.8 Å². The largest absolute Gasteiger partial charge is 0.488 e. The molecule has 0 amide bonds. The van der Waals surface area contributed by atoms with Gasteiger partial charge in [0.1, 0.15) is 29.7 Å². The number of H-pyrrole nitrogens is 1. The summed E-state index contributed by atoms with van der Waals surface area (Å²) in [5.74, 6) is 1.66. The molecule has 1 aliphatic rings. The van der Waals surface area contributed by atoms with Crippen molar-refractivity contribution in [2.75, 3.05) is 38.3 Å². The Morgan fingerprint density at radius 3 is 3.04 bits per heavy atom. The Morgan fingerprint density at radius 1 is 1.32 bits per heavy atom. The lowest BCUT2D eigenvalue weighted by molar-refractivity contribution is 0.0529. The van der Waals surface area contributed by atoms with Gasteiger partial charge in [0.15, 0.2) is 0 Å². The molecule has 2 aromatic heterocycles. The Balaban J connectivity index is 1.64. The molecular formula is C20H25N5O3. The second-order valence-corrected chi connectivity index (χ2v) is 7.05. The second kappa shape index (κ2) is 8.12. The zero-order valence-electron chi connectivity index (χ0n) is 16.4. The van der Waals surface area contributed by atoms with Crippen molar-refractivity contribution in [1.29, 1.82) is 0 Å². The van der Waals surface area contributed by atoms with E-state index in [1.165, 1.54) is 0 Å². The molecule has 148 valence electrons. The number of hydrogen-bond acceptors (Lipinski definition) is 7. The first kappa shape index (κ1) is 18.6. The van der Waals surface area contributed by atoms with Gasteiger partial charge in [-0.15, -0.1) is 0 Å². The fraction of sp³-hybridized carbons (Fsp3) is 0.450. The van der Waals surface area contributed by atoms with E-state index in [0.29, 0.717) is 13.2 Å². The molecule has 3 heterocycles. The van der Waals surface area contributed by atoms with Gasteiger partial charge in [-0.2, -0.15) is 5.10 Å². The molecule has 8 heteroatoms. The molecule has 2 unspecified atom stereocenters. The smallest absolute Gasteiger partial charge is 0.132 e. The summed E-state index contributed by atoms with van der Waals surface area (Å²) in [6, 6.07) is 7.86. The van der Waals surface area contributed by atoms with Crippen LogP contribution < -0.4 is 9.64 Å². The van der Waals surface area contributed by atoms with Crippen LogP contribution in [0.15, 0.2) is 30.6 Å². The van der Waals surface area contributed by atoms with E-state index in [1.54, 1.807) is 13.4 Å². The minimum Gasteiger partial charge on any atom is -0.488 e. The average Bonchev–Trinajstić information content (AvgIpc) is 3.11. The highest BCUT2D eigenvalue weighted by Crippen LogP contribution is 2.30. The van der Waals surface area contributed by atoms with Crippen LogP contribution in [0, 0.1) is 0 Å². The van der Waals surface area contributed by atoms with Crippen LogP contribution in [0.3, 0.4) is 0 Å². The van der Waals surface area contributed by atoms with Gasteiger partial charge in [-0.25, -0.2) is 9.97 Å². The Hall–Kier alpha value is -2.71. The number of rotatable bonds is 6. The molecule has 2 atom stereocenters. The summed E-state index contributed by atoms with van der Waals surface area (Å²) >= 11 is 0. The van der Waals surface area contributed by atoms with Gasteiger partial charge in [0.05, 0.1) is 30.5 Å². The minimum atomic E-state index is -0.0354. The number of nitrogens with zero attached hydrogens (tertiary/aromatic N) is 4. The quantitative estimate of drug-likeness (QED) is 0.700. The van der Waals surface area contributed by atoms with E-state index in [9.17, 15) is 0 Å². The molecule has 8 nitrogen and oxygen atoms in total. The molecule has 0 bridgehead atoms. The van der Waals surface area contributed by atoms with E-state index in [4.69, 9.17) is 14.2 Å². The molecule has 0 radical (unpaired) electrons. The third kappa shape index (κ3) is 3.93. The normalized spacial score (nSPS) is 18.4. The van der Waals surface area contributed by atoms with Gasteiger partial charge in [-0.3, -0.25) is 5.10 Å². The fourth-order valence-corrected chi connectivity index (χ4v) is 3.44. The van der Waals surface area contributed by atoms with E-state index in [-0.39, 0.29) is 12.2 Å². The van der Waals surface area contributed by atoms with Crippen molar-refractivity contribution < 1.29 is 14.2 Å². The molecule has 28 heavy (non-hydrogen) atoms. The molecular weight excluding hydrogens is 358 g/mol. The zero-order chi connectivity index (χ0) is 19.5. The van der Waals surface area contributed by atoms with Crippen LogP contribution in [-0.2, 0) is 9.47 Å². The predicted molar refractivity (Wildman–Crippen MR) is 107 cm³/mol. The number of benzene rings is 1. The van der Waals surface area contributed by atoms with E-state index < -0.39 is 0 Å². The van der Waals surface area contributed by atoms with Gasteiger partial charge in [-0.05, 0) is 32.0 Å². The van der Waals surface area contributed by atoms with Gasteiger partial charge in [-0.1, -0.05) is 0 Å². The van der Waals surface area contributed by atoms with Crippen LogP contribution in [0.1, 0.15) is 13.8 Å². The third-order valence-electron chi connectivity index (χ3n) is 4.73. The number of morpholine rings is 1. The summed E-state index contributed by atoms with van der Waals surface area (Å²) in [5, 5.41) is 8.52. The van der Waals surface area contributed by atoms with Crippen molar-refractivity contribution >= 4 is 16.7 Å². The van der Waals surface area contributed by atoms with E-state index in [1.807, 2.05) is 31.2 Å². The number of fused-ring (bicyclic) bond motifs is 1. The Morgan fingerprint density at radius 2 is 2.21 bits per heavy atom. The summed E-state index contributed by atoms with van der Waals surface area (Å²) in [5.41, 5.74) is 2.49. The number of anilines is 1. The van der Waals surface area contributed by atoms with Crippen molar-refractivity contribution in [3.05, 3.63) is 30.6 Å². The first-order valence-corrected chi connectivity index (χ1v) is 9.46. The maximum atomic E-state index is 5.93. The molecule has 0 spiro atoms. The minimum absolute atomic E-state index is 0.0354. The summed E-state index contributed by atoms with van der Waals surface area (Å²) in [4.78, 5) is 11.1. The van der Waals surface area contributed by atoms with Gasteiger partial charge in [0.2, 0.25) is 0 Å². The number of hydrogen-bond donors (Lipinski definition) is 1. The summed E-state index contributed by atoms with van der Waals surface area (Å²) < 4.78 is 16.7. The zero-order valence-corrected chi connectivity index (χ0v) is 16.4. The molecule has 0 saturated carbocycles. The fourth-order valence-electron chi connectivity index (χ4n) is 3.44. The lowest BCUT2D eigenvalue weighted by Gasteiger charge is -2.31. The van der Waals surface area contributed by atoms with E-state index in [2.05, 4.69) is 32.0 Å². The Labute approximate surface area is 163 Å². The third-order valence-corrected chi connectivity index (χ3v) is 4.73. The number of aromatic nitrogens is 4. The van der Waals surface area contributed by atoms with E-state index in [0.717, 1.165) is 46.9 Å². The van der Waals surface area contributed by atoms with Gasteiger partial charge >= 0.3 is 0 Å². The summed E-state index contributed by atoms with van der Waals surface area (Å²) in [6.45, 7) is 6.91. The molecule has 4 rings (SSSR count). The predicted octanol–water partition coefficient (Wildman–Crippen LogP) is 2.66. The lowest BCUT2D eigenvalue weighted by Crippen LogP contribution is -2.41. The van der Waals surface area contributed by atoms with Crippen LogP contribution in [0.5, 0.6) is 5.75 Å². The van der Waals surface area contributed by atoms with Crippen molar-refractivity contribution in [1.82, 2.24) is 20.2 Å². The monoisotopic (exact) mass is 383 g/mol. The first-order valence-electron chi connectivity index (χ1n) is 9.46. The van der Waals surface area contributed by atoms with Crippen LogP contribution in [0.2, 0.25) is 0 Å².